The van der Waals surface area contributed by atoms with Crippen LogP contribution >= 0.6 is 0 Å². The molecule has 0 spiro atoms. The molecule has 2 nitrogen and oxygen atoms in total. The van der Waals surface area contributed by atoms with Gasteiger partial charge < -0.3 is 9.47 Å². The second-order valence-electron chi connectivity index (χ2n) is 5.12. The van der Waals surface area contributed by atoms with Gasteiger partial charge in [0.1, 0.15) is 12.4 Å². The number of unbranched alkanes of at least 4 members (excludes halogenated alkanes) is 1. The quantitative estimate of drug-likeness (QED) is 0.533. The molecule has 2 heteroatoms. The number of ether oxygens (including phenoxy) is 2. The zero-order chi connectivity index (χ0) is 14.6. The summed E-state index contributed by atoms with van der Waals surface area (Å²) in [5.41, 5.74) is 1.08. The average Bonchev–Trinajstić information content (AvgIpc) is 2.50. The Kier molecular flexibility index (Phi) is 8.81. The molecule has 0 aromatic heterocycles. The molecular weight excluding hydrogens is 248 g/mol. The third-order valence-corrected chi connectivity index (χ3v) is 3.49. The average molecular weight is 276 g/mol. The molecule has 0 aliphatic heterocycles. The highest BCUT2D eigenvalue weighted by Gasteiger charge is 2.05. The largest absolute Gasteiger partial charge is 0.491 e. The van der Waals surface area contributed by atoms with Crippen LogP contribution < -0.4 is 4.74 Å². The normalized spacial score (nSPS) is 12.1. The minimum Gasteiger partial charge on any atom is -0.491 e. The van der Waals surface area contributed by atoms with Crippen LogP contribution in [0.2, 0.25) is 0 Å². The van der Waals surface area contributed by atoms with Gasteiger partial charge in [-0.3, -0.25) is 0 Å². The second kappa shape index (κ2) is 10.5. The summed E-state index contributed by atoms with van der Waals surface area (Å²) < 4.78 is 11.4. The number of hydrogen-bond donors (Lipinski definition) is 0. The Morgan fingerprint density at radius 3 is 2.80 bits per heavy atom. The molecule has 1 aromatic rings. The molecule has 0 aliphatic carbocycles. The maximum Gasteiger partial charge on any atom is 0.120 e. The summed E-state index contributed by atoms with van der Waals surface area (Å²) in [4.78, 5) is 0. The summed E-state index contributed by atoms with van der Waals surface area (Å²) in [5, 5.41) is 0. The molecule has 0 heterocycles. The molecule has 0 aliphatic rings. The van der Waals surface area contributed by atoms with Crippen LogP contribution in [0.1, 0.15) is 45.1 Å². The van der Waals surface area contributed by atoms with Gasteiger partial charge in [-0.05, 0) is 30.0 Å². The van der Waals surface area contributed by atoms with Crippen LogP contribution in [0, 0.1) is 5.92 Å². The molecule has 1 atom stereocenters. The molecule has 1 aromatic carbocycles. The van der Waals surface area contributed by atoms with Gasteiger partial charge in [-0.2, -0.15) is 0 Å². The van der Waals surface area contributed by atoms with Crippen LogP contribution in [0.15, 0.2) is 30.8 Å². The van der Waals surface area contributed by atoms with Gasteiger partial charge in [0.05, 0.1) is 6.61 Å². The molecule has 0 N–H and O–H groups in total. The zero-order valence-corrected chi connectivity index (χ0v) is 12.9. The van der Waals surface area contributed by atoms with Crippen LogP contribution in [0.25, 0.3) is 6.08 Å². The van der Waals surface area contributed by atoms with Gasteiger partial charge >= 0.3 is 0 Å². The lowest BCUT2D eigenvalue weighted by molar-refractivity contribution is 0.0699. The van der Waals surface area contributed by atoms with E-state index in [1.54, 1.807) is 0 Å². The standard InChI is InChI=1S/C18H28O2/c1-4-7-9-17(6-3)15-19-12-13-20-18-11-8-10-16(5-2)14-18/h5,8,10-11,14,17H,2,4,6-7,9,12-13,15H2,1,3H3. The van der Waals surface area contributed by atoms with E-state index in [0.29, 0.717) is 19.1 Å². The highest BCUT2D eigenvalue weighted by Crippen LogP contribution is 2.14. The number of rotatable bonds is 11. The third kappa shape index (κ3) is 6.76. The van der Waals surface area contributed by atoms with E-state index in [9.17, 15) is 0 Å². The van der Waals surface area contributed by atoms with Gasteiger partial charge in [0.2, 0.25) is 0 Å². The van der Waals surface area contributed by atoms with Crippen molar-refractivity contribution in [1.82, 2.24) is 0 Å². The van der Waals surface area contributed by atoms with Crippen LogP contribution in [0.3, 0.4) is 0 Å². The van der Waals surface area contributed by atoms with Crippen LogP contribution in [-0.2, 0) is 4.74 Å². The minimum absolute atomic E-state index is 0.602. The molecule has 1 rings (SSSR count). The van der Waals surface area contributed by atoms with Gasteiger partial charge in [0, 0.05) is 6.61 Å². The minimum atomic E-state index is 0.602. The molecule has 0 fully saturated rings. The summed E-state index contributed by atoms with van der Waals surface area (Å²) in [5.74, 6) is 1.57. The fraction of sp³-hybridized carbons (Fsp3) is 0.556. The van der Waals surface area contributed by atoms with E-state index in [1.165, 1.54) is 25.7 Å². The SMILES string of the molecule is C=Cc1cccc(OCCOCC(CC)CCCC)c1. The number of hydrogen-bond acceptors (Lipinski definition) is 2. The second-order valence-corrected chi connectivity index (χ2v) is 5.12. The molecule has 20 heavy (non-hydrogen) atoms. The van der Waals surface area contributed by atoms with Gasteiger partial charge in [-0.15, -0.1) is 0 Å². The van der Waals surface area contributed by atoms with E-state index in [-0.39, 0.29) is 0 Å². The number of benzene rings is 1. The fourth-order valence-electron chi connectivity index (χ4n) is 2.10. The van der Waals surface area contributed by atoms with E-state index in [4.69, 9.17) is 9.47 Å². The first-order valence-electron chi connectivity index (χ1n) is 7.73. The summed E-state index contributed by atoms with van der Waals surface area (Å²) in [6.45, 7) is 10.3. The van der Waals surface area contributed by atoms with E-state index in [2.05, 4.69) is 20.4 Å². The Balaban J connectivity index is 2.16. The first-order chi connectivity index (χ1) is 9.80. The van der Waals surface area contributed by atoms with Crippen molar-refractivity contribution in [2.75, 3.05) is 19.8 Å². The lowest BCUT2D eigenvalue weighted by Gasteiger charge is -2.15. The molecule has 0 bridgehead atoms. The smallest absolute Gasteiger partial charge is 0.120 e. The Morgan fingerprint density at radius 2 is 2.10 bits per heavy atom. The van der Waals surface area contributed by atoms with Crippen molar-refractivity contribution < 1.29 is 9.47 Å². The Bertz CT molecular complexity index is 373. The maximum atomic E-state index is 5.72. The molecule has 0 amide bonds. The zero-order valence-electron chi connectivity index (χ0n) is 12.9. The predicted molar refractivity (Wildman–Crippen MR) is 86.2 cm³/mol. The first kappa shape index (κ1) is 16.8. The summed E-state index contributed by atoms with van der Waals surface area (Å²) in [7, 11) is 0. The lowest BCUT2D eigenvalue weighted by Crippen LogP contribution is -2.13. The van der Waals surface area contributed by atoms with Gasteiger partial charge in [-0.25, -0.2) is 0 Å². The molecule has 0 radical (unpaired) electrons. The maximum absolute atomic E-state index is 5.72. The Hall–Kier alpha value is -1.28. The third-order valence-electron chi connectivity index (χ3n) is 3.49. The van der Waals surface area contributed by atoms with Gasteiger partial charge in [-0.1, -0.05) is 57.9 Å². The molecule has 0 saturated heterocycles. The Morgan fingerprint density at radius 1 is 1.25 bits per heavy atom. The predicted octanol–water partition coefficient (Wildman–Crippen LogP) is 4.94. The van der Waals surface area contributed by atoms with E-state index in [1.807, 2.05) is 30.3 Å². The highest BCUT2D eigenvalue weighted by atomic mass is 16.5. The van der Waals surface area contributed by atoms with Crippen molar-refractivity contribution in [3.63, 3.8) is 0 Å². The highest BCUT2D eigenvalue weighted by molar-refractivity contribution is 5.49. The van der Waals surface area contributed by atoms with Crippen LogP contribution in [0.5, 0.6) is 5.75 Å². The van der Waals surface area contributed by atoms with Gasteiger partial charge in [0.15, 0.2) is 0 Å². The first-order valence-corrected chi connectivity index (χ1v) is 7.73. The molecular formula is C18H28O2. The van der Waals surface area contributed by atoms with Crippen molar-refractivity contribution in [2.45, 2.75) is 39.5 Å². The van der Waals surface area contributed by atoms with Crippen molar-refractivity contribution in [3.05, 3.63) is 36.4 Å². The Labute approximate surface area is 123 Å². The fourth-order valence-corrected chi connectivity index (χ4v) is 2.10. The summed E-state index contributed by atoms with van der Waals surface area (Å²) in [6.07, 6.45) is 6.85. The van der Waals surface area contributed by atoms with E-state index in [0.717, 1.165) is 17.9 Å². The lowest BCUT2D eigenvalue weighted by atomic mass is 10.0. The van der Waals surface area contributed by atoms with Crippen molar-refractivity contribution in [3.8, 4) is 5.75 Å². The van der Waals surface area contributed by atoms with Gasteiger partial charge in [0.25, 0.3) is 0 Å². The van der Waals surface area contributed by atoms with Crippen LogP contribution in [-0.4, -0.2) is 19.8 Å². The summed E-state index contributed by atoms with van der Waals surface area (Å²) in [6, 6.07) is 7.94. The van der Waals surface area contributed by atoms with E-state index < -0.39 is 0 Å². The molecule has 112 valence electrons. The van der Waals surface area contributed by atoms with E-state index >= 15 is 0 Å². The van der Waals surface area contributed by atoms with Crippen LogP contribution in [0.4, 0.5) is 0 Å². The molecule has 1 unspecified atom stereocenters. The monoisotopic (exact) mass is 276 g/mol. The van der Waals surface area contributed by atoms with Crippen molar-refractivity contribution in [1.29, 1.82) is 0 Å². The summed E-state index contributed by atoms with van der Waals surface area (Å²) >= 11 is 0. The van der Waals surface area contributed by atoms with Crippen molar-refractivity contribution >= 4 is 6.08 Å². The van der Waals surface area contributed by atoms with Crippen molar-refractivity contribution in [2.24, 2.45) is 5.92 Å². The topological polar surface area (TPSA) is 18.5 Å². The molecule has 0 saturated carbocycles.